The Balaban J connectivity index is 2.30. The topological polar surface area (TPSA) is 38.5 Å². The second-order valence-corrected chi connectivity index (χ2v) is 4.62. The highest BCUT2D eigenvalue weighted by Gasteiger charge is 2.16. The fourth-order valence-electron chi connectivity index (χ4n) is 2.24. The molecule has 0 amide bonds. The molecule has 20 heavy (non-hydrogen) atoms. The van der Waals surface area contributed by atoms with Gasteiger partial charge >= 0.3 is 0 Å². The van der Waals surface area contributed by atoms with Crippen LogP contribution in [0.1, 0.15) is 11.6 Å². The monoisotopic (exact) mass is 274 g/mol. The van der Waals surface area contributed by atoms with Crippen molar-refractivity contribution in [1.82, 2.24) is 0 Å². The predicted octanol–water partition coefficient (Wildman–Crippen LogP) is 2.97. The molecule has 0 aliphatic rings. The van der Waals surface area contributed by atoms with E-state index in [2.05, 4.69) is 0 Å². The van der Waals surface area contributed by atoms with Crippen molar-refractivity contribution in [3.63, 3.8) is 0 Å². The number of methoxy groups -OCH3 is 1. The molecule has 0 radical (unpaired) electrons. The molecule has 2 aromatic rings. The number of ether oxygens (including phenoxy) is 1. The van der Waals surface area contributed by atoms with Gasteiger partial charge in [0.25, 0.3) is 0 Å². The molecule has 0 spiro atoms. The van der Waals surface area contributed by atoms with Gasteiger partial charge in [-0.1, -0.05) is 18.2 Å². The highest BCUT2D eigenvalue weighted by Crippen LogP contribution is 2.27. The number of rotatable bonds is 5. The van der Waals surface area contributed by atoms with Crippen LogP contribution in [0.2, 0.25) is 0 Å². The van der Waals surface area contributed by atoms with Crippen LogP contribution in [-0.4, -0.2) is 20.7 Å². The lowest BCUT2D eigenvalue weighted by Crippen LogP contribution is -2.30. The van der Waals surface area contributed by atoms with Crippen molar-refractivity contribution in [3.8, 4) is 5.75 Å². The van der Waals surface area contributed by atoms with Crippen molar-refractivity contribution in [1.29, 1.82) is 0 Å². The predicted molar refractivity (Wildman–Crippen MR) is 79.6 cm³/mol. The Morgan fingerprint density at radius 3 is 2.60 bits per heavy atom. The largest absolute Gasteiger partial charge is 0.497 e. The molecule has 4 heteroatoms. The third-order valence-electron chi connectivity index (χ3n) is 3.38. The molecule has 0 heterocycles. The number of benzene rings is 2. The van der Waals surface area contributed by atoms with Crippen LogP contribution >= 0.6 is 0 Å². The lowest BCUT2D eigenvalue weighted by Gasteiger charge is -2.29. The minimum absolute atomic E-state index is 0.0854. The minimum atomic E-state index is -0.250. The number of halogens is 1. The molecule has 106 valence electrons. The molecule has 3 nitrogen and oxygen atoms in total. The summed E-state index contributed by atoms with van der Waals surface area (Å²) in [5.74, 6) is 0.532. The van der Waals surface area contributed by atoms with E-state index in [9.17, 15) is 4.39 Å². The van der Waals surface area contributed by atoms with E-state index in [0.717, 1.165) is 17.0 Å². The van der Waals surface area contributed by atoms with Gasteiger partial charge in [0.2, 0.25) is 0 Å². The molecule has 0 saturated heterocycles. The van der Waals surface area contributed by atoms with Gasteiger partial charge in [0, 0.05) is 25.3 Å². The van der Waals surface area contributed by atoms with Crippen molar-refractivity contribution >= 4 is 5.69 Å². The molecular formula is C16H19FN2O. The molecular weight excluding hydrogens is 255 g/mol. The van der Waals surface area contributed by atoms with Gasteiger partial charge in [0.15, 0.2) is 0 Å². The molecule has 0 fully saturated rings. The first-order valence-corrected chi connectivity index (χ1v) is 6.48. The van der Waals surface area contributed by atoms with E-state index in [0.29, 0.717) is 6.54 Å². The standard InChI is InChI=1S/C16H19FN2O/c1-19(14-7-4-8-15(10-14)20-2)16(11-18)12-5-3-6-13(17)9-12/h3-10,16H,11,18H2,1-2H3. The Bertz CT molecular complexity index is 574. The highest BCUT2D eigenvalue weighted by atomic mass is 19.1. The van der Waals surface area contributed by atoms with Crippen molar-refractivity contribution in [2.45, 2.75) is 6.04 Å². The van der Waals surface area contributed by atoms with Crippen molar-refractivity contribution in [2.75, 3.05) is 25.6 Å². The summed E-state index contributed by atoms with van der Waals surface area (Å²) in [7, 11) is 3.57. The van der Waals surface area contributed by atoms with Gasteiger partial charge in [0.1, 0.15) is 11.6 Å². The Morgan fingerprint density at radius 1 is 1.20 bits per heavy atom. The zero-order chi connectivity index (χ0) is 14.5. The van der Waals surface area contributed by atoms with E-state index in [1.54, 1.807) is 13.2 Å². The Kier molecular flexibility index (Phi) is 4.58. The number of nitrogens with zero attached hydrogens (tertiary/aromatic N) is 1. The van der Waals surface area contributed by atoms with Crippen LogP contribution in [0.5, 0.6) is 5.75 Å². The number of likely N-dealkylation sites (N-methyl/N-ethyl adjacent to an activating group) is 1. The maximum atomic E-state index is 13.4. The van der Waals surface area contributed by atoms with Gasteiger partial charge in [-0.3, -0.25) is 0 Å². The maximum Gasteiger partial charge on any atom is 0.123 e. The lowest BCUT2D eigenvalue weighted by atomic mass is 10.0. The molecule has 0 aliphatic carbocycles. The summed E-state index contributed by atoms with van der Waals surface area (Å²) in [6.45, 7) is 0.400. The van der Waals surface area contributed by atoms with Crippen LogP contribution in [0.15, 0.2) is 48.5 Å². The van der Waals surface area contributed by atoms with E-state index >= 15 is 0 Å². The number of nitrogens with two attached hydrogens (primary N) is 1. The van der Waals surface area contributed by atoms with Crippen molar-refractivity contribution in [3.05, 3.63) is 59.9 Å². The van der Waals surface area contributed by atoms with Crippen LogP contribution < -0.4 is 15.4 Å². The zero-order valence-corrected chi connectivity index (χ0v) is 11.7. The Labute approximate surface area is 118 Å². The highest BCUT2D eigenvalue weighted by molar-refractivity contribution is 5.52. The van der Waals surface area contributed by atoms with Crippen molar-refractivity contribution < 1.29 is 9.13 Å². The fraction of sp³-hybridized carbons (Fsp3) is 0.250. The van der Waals surface area contributed by atoms with Crippen LogP contribution in [0, 0.1) is 5.82 Å². The summed E-state index contributed by atoms with van der Waals surface area (Å²) < 4.78 is 18.6. The Morgan fingerprint density at radius 2 is 1.95 bits per heavy atom. The first-order valence-electron chi connectivity index (χ1n) is 6.48. The van der Waals surface area contributed by atoms with Gasteiger partial charge in [-0.05, 0) is 29.8 Å². The van der Waals surface area contributed by atoms with E-state index in [1.807, 2.05) is 42.3 Å². The summed E-state index contributed by atoms with van der Waals surface area (Å²) in [4.78, 5) is 2.03. The first-order chi connectivity index (χ1) is 9.65. The van der Waals surface area contributed by atoms with E-state index in [1.165, 1.54) is 12.1 Å². The van der Waals surface area contributed by atoms with Crippen molar-refractivity contribution in [2.24, 2.45) is 5.73 Å². The molecule has 2 rings (SSSR count). The second-order valence-electron chi connectivity index (χ2n) is 4.62. The molecule has 0 aromatic heterocycles. The SMILES string of the molecule is COc1cccc(N(C)C(CN)c2cccc(F)c2)c1. The average molecular weight is 274 g/mol. The maximum absolute atomic E-state index is 13.4. The van der Waals surface area contributed by atoms with Gasteiger partial charge < -0.3 is 15.4 Å². The molecule has 2 aromatic carbocycles. The van der Waals surface area contributed by atoms with Gasteiger partial charge in [0.05, 0.1) is 13.2 Å². The average Bonchev–Trinajstić information content (AvgIpc) is 2.48. The summed E-state index contributed by atoms with van der Waals surface area (Å²) in [6.07, 6.45) is 0. The second kappa shape index (κ2) is 6.39. The third kappa shape index (κ3) is 3.08. The molecule has 1 unspecified atom stereocenters. The molecule has 0 bridgehead atoms. The summed E-state index contributed by atoms with van der Waals surface area (Å²) in [5, 5.41) is 0. The third-order valence-corrected chi connectivity index (χ3v) is 3.38. The van der Waals surface area contributed by atoms with Gasteiger partial charge in [-0.2, -0.15) is 0 Å². The number of hydrogen-bond donors (Lipinski definition) is 1. The van der Waals surface area contributed by atoms with Crippen LogP contribution in [-0.2, 0) is 0 Å². The van der Waals surface area contributed by atoms with Gasteiger partial charge in [-0.25, -0.2) is 4.39 Å². The van der Waals surface area contributed by atoms with E-state index in [4.69, 9.17) is 10.5 Å². The van der Waals surface area contributed by atoms with Crippen LogP contribution in [0.3, 0.4) is 0 Å². The molecule has 1 atom stereocenters. The number of anilines is 1. The molecule has 0 saturated carbocycles. The summed E-state index contributed by atoms with van der Waals surface area (Å²) in [6, 6.07) is 14.2. The minimum Gasteiger partial charge on any atom is -0.497 e. The molecule has 0 aliphatic heterocycles. The molecule has 2 N–H and O–H groups in total. The lowest BCUT2D eigenvalue weighted by molar-refractivity contribution is 0.414. The van der Waals surface area contributed by atoms with Crippen LogP contribution in [0.4, 0.5) is 10.1 Å². The summed E-state index contributed by atoms with van der Waals surface area (Å²) in [5.41, 5.74) is 7.70. The quantitative estimate of drug-likeness (QED) is 0.911. The normalized spacial score (nSPS) is 12.0. The zero-order valence-electron chi connectivity index (χ0n) is 11.7. The first kappa shape index (κ1) is 14.3. The van der Waals surface area contributed by atoms with E-state index < -0.39 is 0 Å². The summed E-state index contributed by atoms with van der Waals surface area (Å²) >= 11 is 0. The van der Waals surface area contributed by atoms with Gasteiger partial charge in [-0.15, -0.1) is 0 Å². The smallest absolute Gasteiger partial charge is 0.123 e. The van der Waals surface area contributed by atoms with Crippen LogP contribution in [0.25, 0.3) is 0 Å². The van der Waals surface area contributed by atoms with E-state index in [-0.39, 0.29) is 11.9 Å². The number of hydrogen-bond acceptors (Lipinski definition) is 3. The fourth-order valence-corrected chi connectivity index (χ4v) is 2.24. The Hall–Kier alpha value is -2.07.